The normalized spacial score (nSPS) is 10.4. The van der Waals surface area contributed by atoms with Crippen molar-refractivity contribution in [2.75, 3.05) is 13.2 Å². The summed E-state index contributed by atoms with van der Waals surface area (Å²) in [6, 6.07) is 7.24. The lowest BCUT2D eigenvalue weighted by atomic mass is 9.92. The fraction of sp³-hybridized carbons (Fsp3) is 0.438. The van der Waals surface area contributed by atoms with E-state index in [9.17, 15) is 4.79 Å². The number of carbonyl (C=O) groups is 1. The molecule has 108 valence electrons. The van der Waals surface area contributed by atoms with E-state index in [1.54, 1.807) is 12.1 Å². The lowest BCUT2D eigenvalue weighted by Gasteiger charge is -2.16. The van der Waals surface area contributed by atoms with Crippen LogP contribution in [-0.2, 0) is 4.79 Å². The second-order valence-corrected chi connectivity index (χ2v) is 5.99. The van der Waals surface area contributed by atoms with Gasteiger partial charge >= 0.3 is 0 Å². The van der Waals surface area contributed by atoms with Gasteiger partial charge in [0.15, 0.2) is 0 Å². The number of para-hydroxylation sites is 1. The minimum absolute atomic E-state index is 0.00924. The summed E-state index contributed by atoms with van der Waals surface area (Å²) >= 11 is 5.94. The smallest absolute Gasteiger partial charge is 0.221 e. The van der Waals surface area contributed by atoms with E-state index in [0.29, 0.717) is 23.7 Å². The molecule has 0 bridgehead atoms. The second-order valence-electron chi connectivity index (χ2n) is 5.59. The van der Waals surface area contributed by atoms with Crippen molar-refractivity contribution in [3.05, 3.63) is 29.3 Å². The van der Waals surface area contributed by atoms with Crippen LogP contribution in [0.4, 0.5) is 0 Å². The zero-order chi connectivity index (χ0) is 15.0. The van der Waals surface area contributed by atoms with Crippen molar-refractivity contribution in [2.45, 2.75) is 27.2 Å². The van der Waals surface area contributed by atoms with Gasteiger partial charge in [-0.05, 0) is 17.5 Å². The van der Waals surface area contributed by atoms with Crippen molar-refractivity contribution in [3.8, 4) is 17.6 Å². The van der Waals surface area contributed by atoms with Gasteiger partial charge in [-0.3, -0.25) is 4.79 Å². The Morgan fingerprint density at radius 1 is 1.30 bits per heavy atom. The zero-order valence-electron chi connectivity index (χ0n) is 12.1. The summed E-state index contributed by atoms with van der Waals surface area (Å²) in [4.78, 5) is 11.5. The first kappa shape index (κ1) is 16.4. The van der Waals surface area contributed by atoms with E-state index in [1.165, 1.54) is 0 Å². The van der Waals surface area contributed by atoms with Crippen LogP contribution in [0.25, 0.3) is 0 Å². The third-order valence-corrected chi connectivity index (χ3v) is 2.64. The Kier molecular flexibility index (Phi) is 6.41. The van der Waals surface area contributed by atoms with Crippen LogP contribution in [0.3, 0.4) is 0 Å². The van der Waals surface area contributed by atoms with Crippen molar-refractivity contribution < 1.29 is 9.53 Å². The van der Waals surface area contributed by atoms with Gasteiger partial charge in [0, 0.05) is 6.42 Å². The summed E-state index contributed by atoms with van der Waals surface area (Å²) in [5.41, 5.74) is -0.00924. The molecule has 0 aliphatic carbocycles. The molecule has 1 rings (SSSR count). The van der Waals surface area contributed by atoms with E-state index in [-0.39, 0.29) is 17.9 Å². The number of nitrogens with one attached hydrogen (secondary N) is 1. The minimum atomic E-state index is -0.00924. The van der Waals surface area contributed by atoms with Crippen LogP contribution < -0.4 is 10.1 Å². The predicted octanol–water partition coefficient (Wildman–Crippen LogP) is 3.27. The molecular weight excluding hydrogens is 274 g/mol. The molecule has 1 aromatic rings. The number of rotatable bonds is 4. The SMILES string of the molecule is CC(C)(C)CC(=O)NCC#CCOc1ccccc1Cl. The van der Waals surface area contributed by atoms with Crippen molar-refractivity contribution in [3.63, 3.8) is 0 Å². The highest BCUT2D eigenvalue weighted by Gasteiger charge is 2.14. The zero-order valence-corrected chi connectivity index (χ0v) is 12.9. The maximum Gasteiger partial charge on any atom is 0.221 e. The maximum absolute atomic E-state index is 11.5. The molecule has 0 aromatic heterocycles. The minimum Gasteiger partial charge on any atom is -0.479 e. The standard InChI is InChI=1S/C16H20ClNO2/c1-16(2,3)12-15(19)18-10-6-7-11-20-14-9-5-4-8-13(14)17/h4-5,8-9H,10-12H2,1-3H3,(H,18,19). The topological polar surface area (TPSA) is 38.3 Å². The molecule has 1 aromatic carbocycles. The van der Waals surface area contributed by atoms with Crippen LogP contribution in [-0.4, -0.2) is 19.1 Å². The van der Waals surface area contributed by atoms with Gasteiger partial charge in [0.05, 0.1) is 11.6 Å². The number of benzene rings is 1. The molecule has 0 radical (unpaired) electrons. The first-order valence-corrected chi connectivity index (χ1v) is 6.86. The van der Waals surface area contributed by atoms with Crippen molar-refractivity contribution in [1.29, 1.82) is 0 Å². The number of ether oxygens (including phenoxy) is 1. The first-order valence-electron chi connectivity index (χ1n) is 6.48. The van der Waals surface area contributed by atoms with E-state index in [4.69, 9.17) is 16.3 Å². The van der Waals surface area contributed by atoms with E-state index in [1.807, 2.05) is 32.9 Å². The van der Waals surface area contributed by atoms with Gasteiger partial charge in [0.1, 0.15) is 12.4 Å². The third-order valence-electron chi connectivity index (χ3n) is 2.33. The number of halogens is 1. The number of hydrogen-bond donors (Lipinski definition) is 1. The molecule has 0 unspecified atom stereocenters. The van der Waals surface area contributed by atoms with Gasteiger partial charge in [-0.1, -0.05) is 56.3 Å². The van der Waals surface area contributed by atoms with Gasteiger partial charge in [-0.2, -0.15) is 0 Å². The second kappa shape index (κ2) is 7.81. The van der Waals surface area contributed by atoms with E-state index < -0.39 is 0 Å². The maximum atomic E-state index is 11.5. The molecule has 0 heterocycles. The molecular formula is C16H20ClNO2. The largest absolute Gasteiger partial charge is 0.479 e. The average molecular weight is 294 g/mol. The van der Waals surface area contributed by atoms with Crippen LogP contribution in [0.1, 0.15) is 27.2 Å². The number of carbonyl (C=O) groups excluding carboxylic acids is 1. The third kappa shape index (κ3) is 7.06. The number of amides is 1. The molecule has 0 spiro atoms. The number of hydrogen-bond acceptors (Lipinski definition) is 2. The Labute approximate surface area is 125 Å². The van der Waals surface area contributed by atoms with Gasteiger partial charge in [0.25, 0.3) is 0 Å². The molecule has 4 heteroatoms. The Bertz CT molecular complexity index is 509. The summed E-state index contributed by atoms with van der Waals surface area (Å²) in [5.74, 6) is 6.30. The Hall–Kier alpha value is -1.66. The molecule has 3 nitrogen and oxygen atoms in total. The Morgan fingerprint density at radius 3 is 2.65 bits per heavy atom. The Morgan fingerprint density at radius 2 is 2.00 bits per heavy atom. The van der Waals surface area contributed by atoms with Crippen LogP contribution in [0, 0.1) is 17.3 Å². The lowest BCUT2D eigenvalue weighted by Crippen LogP contribution is -2.27. The van der Waals surface area contributed by atoms with Crippen LogP contribution in [0.5, 0.6) is 5.75 Å². The molecule has 0 aliphatic rings. The fourth-order valence-electron chi connectivity index (χ4n) is 1.48. The van der Waals surface area contributed by atoms with Crippen molar-refractivity contribution >= 4 is 17.5 Å². The van der Waals surface area contributed by atoms with E-state index in [2.05, 4.69) is 17.2 Å². The average Bonchev–Trinajstić information content (AvgIpc) is 2.33. The summed E-state index contributed by atoms with van der Waals surface area (Å²) in [6.45, 7) is 6.65. The Balaban J connectivity index is 2.24. The summed E-state index contributed by atoms with van der Waals surface area (Å²) in [5, 5.41) is 3.32. The molecule has 0 atom stereocenters. The van der Waals surface area contributed by atoms with Crippen LogP contribution >= 0.6 is 11.6 Å². The highest BCUT2D eigenvalue weighted by molar-refractivity contribution is 6.32. The summed E-state index contributed by atoms with van der Waals surface area (Å²) in [6.07, 6.45) is 0.491. The predicted molar refractivity (Wildman–Crippen MR) is 81.8 cm³/mol. The molecule has 20 heavy (non-hydrogen) atoms. The fourth-order valence-corrected chi connectivity index (χ4v) is 1.67. The lowest BCUT2D eigenvalue weighted by molar-refractivity contribution is -0.122. The highest BCUT2D eigenvalue weighted by atomic mass is 35.5. The van der Waals surface area contributed by atoms with E-state index in [0.717, 1.165) is 0 Å². The van der Waals surface area contributed by atoms with E-state index >= 15 is 0 Å². The van der Waals surface area contributed by atoms with Gasteiger partial charge in [-0.25, -0.2) is 0 Å². The van der Waals surface area contributed by atoms with Crippen molar-refractivity contribution in [2.24, 2.45) is 5.41 Å². The van der Waals surface area contributed by atoms with Crippen LogP contribution in [0.15, 0.2) is 24.3 Å². The molecule has 0 saturated heterocycles. The molecule has 0 fully saturated rings. The molecule has 0 saturated carbocycles. The van der Waals surface area contributed by atoms with Crippen molar-refractivity contribution in [1.82, 2.24) is 5.32 Å². The van der Waals surface area contributed by atoms with Gasteiger partial charge in [0.2, 0.25) is 5.91 Å². The molecule has 1 amide bonds. The monoisotopic (exact) mass is 293 g/mol. The summed E-state index contributed by atoms with van der Waals surface area (Å²) < 4.78 is 5.41. The quantitative estimate of drug-likeness (QED) is 0.865. The summed E-state index contributed by atoms with van der Waals surface area (Å²) in [7, 11) is 0. The van der Waals surface area contributed by atoms with Crippen LogP contribution in [0.2, 0.25) is 5.02 Å². The first-order chi connectivity index (χ1) is 9.38. The molecule has 0 aliphatic heterocycles. The molecule has 1 N–H and O–H groups in total. The highest BCUT2D eigenvalue weighted by Crippen LogP contribution is 2.22. The van der Waals surface area contributed by atoms with Gasteiger partial charge in [-0.15, -0.1) is 0 Å². The van der Waals surface area contributed by atoms with Gasteiger partial charge < -0.3 is 10.1 Å².